The van der Waals surface area contributed by atoms with E-state index in [1.807, 2.05) is 0 Å². The van der Waals surface area contributed by atoms with Gasteiger partial charge in [0.2, 0.25) is 10.0 Å². The Morgan fingerprint density at radius 3 is 2.73 bits per heavy atom. The molecule has 7 nitrogen and oxygen atoms in total. The summed E-state index contributed by atoms with van der Waals surface area (Å²) >= 11 is 5.91. The minimum absolute atomic E-state index is 0.00325. The lowest BCUT2D eigenvalue weighted by atomic mass is 10.2. The summed E-state index contributed by atoms with van der Waals surface area (Å²) in [6.45, 7) is 1.64. The van der Waals surface area contributed by atoms with Crippen LogP contribution in [0.15, 0.2) is 33.7 Å². The second-order valence-corrected chi connectivity index (χ2v) is 6.53. The van der Waals surface area contributed by atoms with Crippen LogP contribution in [-0.2, 0) is 21.3 Å². The van der Waals surface area contributed by atoms with Gasteiger partial charge in [-0.2, -0.15) is 0 Å². The number of carbonyl (C=O) groups is 1. The largest absolute Gasteiger partial charge is 0.465 e. The van der Waals surface area contributed by atoms with Crippen LogP contribution in [0.1, 0.15) is 21.8 Å². The first-order valence-corrected chi connectivity index (χ1v) is 7.99. The fourth-order valence-corrected chi connectivity index (χ4v) is 3.22. The van der Waals surface area contributed by atoms with Crippen LogP contribution in [0.2, 0.25) is 5.02 Å². The number of hydrogen-bond acceptors (Lipinski definition) is 6. The summed E-state index contributed by atoms with van der Waals surface area (Å²) < 4.78 is 36.3. The number of sulfonamides is 1. The first-order chi connectivity index (χ1) is 10.3. The number of aryl methyl sites for hydroxylation is 1. The highest BCUT2D eigenvalue weighted by atomic mass is 35.5. The van der Waals surface area contributed by atoms with Crippen LogP contribution < -0.4 is 4.72 Å². The second kappa shape index (κ2) is 6.47. The lowest BCUT2D eigenvalue weighted by Gasteiger charge is -2.08. The Bertz CT molecular complexity index is 801. The summed E-state index contributed by atoms with van der Waals surface area (Å²) in [5.41, 5.74) is 0.519. The summed E-state index contributed by atoms with van der Waals surface area (Å²) in [5.74, 6) is -0.0832. The van der Waals surface area contributed by atoms with Crippen LogP contribution in [0.4, 0.5) is 0 Å². The maximum absolute atomic E-state index is 12.3. The molecule has 1 aromatic heterocycles. The Balaban J connectivity index is 2.26. The topological polar surface area (TPSA) is 98.5 Å². The molecule has 0 amide bonds. The molecule has 1 N–H and O–H groups in total. The van der Waals surface area contributed by atoms with Gasteiger partial charge >= 0.3 is 5.97 Å². The molecule has 0 spiro atoms. The van der Waals surface area contributed by atoms with E-state index in [-0.39, 0.29) is 22.0 Å². The Kier molecular flexibility index (Phi) is 4.84. The van der Waals surface area contributed by atoms with E-state index in [2.05, 4.69) is 14.6 Å². The first kappa shape index (κ1) is 16.5. The molecule has 0 aliphatic rings. The van der Waals surface area contributed by atoms with Gasteiger partial charge in [0.05, 0.1) is 29.9 Å². The zero-order valence-corrected chi connectivity index (χ0v) is 13.4. The molecule has 0 saturated carbocycles. The number of ether oxygens (including phenoxy) is 1. The van der Waals surface area contributed by atoms with Crippen molar-refractivity contribution in [3.63, 3.8) is 0 Å². The fourth-order valence-electron chi connectivity index (χ4n) is 1.70. The number of nitrogens with one attached hydrogen (secondary N) is 1. The van der Waals surface area contributed by atoms with Gasteiger partial charge in [0.15, 0.2) is 0 Å². The lowest BCUT2D eigenvalue weighted by Crippen LogP contribution is -2.24. The van der Waals surface area contributed by atoms with E-state index in [4.69, 9.17) is 16.1 Å². The monoisotopic (exact) mass is 344 g/mol. The molecular weight excluding hydrogens is 332 g/mol. The van der Waals surface area contributed by atoms with Crippen LogP contribution in [0.25, 0.3) is 0 Å². The van der Waals surface area contributed by atoms with Crippen molar-refractivity contribution in [3.05, 3.63) is 46.3 Å². The predicted octanol–water partition coefficient (Wildman–Crippen LogP) is 1.90. The molecule has 0 unspecified atom stereocenters. The number of esters is 1. The molecule has 0 atom stereocenters. The van der Waals surface area contributed by atoms with Crippen molar-refractivity contribution >= 4 is 27.6 Å². The van der Waals surface area contributed by atoms with Gasteiger partial charge in [-0.15, -0.1) is 0 Å². The Morgan fingerprint density at radius 2 is 2.14 bits per heavy atom. The lowest BCUT2D eigenvalue weighted by molar-refractivity contribution is 0.0600. The number of nitrogens with zero attached hydrogens (tertiary/aromatic N) is 1. The van der Waals surface area contributed by atoms with Gasteiger partial charge in [-0.25, -0.2) is 17.9 Å². The van der Waals surface area contributed by atoms with E-state index in [0.29, 0.717) is 11.5 Å². The van der Waals surface area contributed by atoms with Gasteiger partial charge < -0.3 is 9.26 Å². The van der Waals surface area contributed by atoms with E-state index in [0.717, 1.165) is 6.07 Å². The van der Waals surface area contributed by atoms with Crippen molar-refractivity contribution in [2.24, 2.45) is 0 Å². The van der Waals surface area contributed by atoms with Crippen LogP contribution in [0.3, 0.4) is 0 Å². The molecule has 0 saturated heterocycles. The molecule has 0 fully saturated rings. The van der Waals surface area contributed by atoms with Gasteiger partial charge in [-0.3, -0.25) is 0 Å². The average molecular weight is 345 g/mol. The molecule has 0 radical (unpaired) electrons. The van der Waals surface area contributed by atoms with E-state index in [1.54, 1.807) is 13.0 Å². The molecule has 0 aliphatic carbocycles. The summed E-state index contributed by atoms with van der Waals surface area (Å²) in [6.07, 6.45) is 0. The standard InChI is InChI=1S/C13H13ClN2O5S/c1-8-5-10(16-21-8)7-15-22(18,19)12-6-9(13(17)20-2)3-4-11(12)14/h3-6,15H,7H2,1-2H3. The number of hydrogen-bond donors (Lipinski definition) is 1. The van der Waals surface area contributed by atoms with Crippen molar-refractivity contribution in [2.75, 3.05) is 7.11 Å². The van der Waals surface area contributed by atoms with Crippen molar-refractivity contribution < 1.29 is 22.5 Å². The van der Waals surface area contributed by atoms with Crippen molar-refractivity contribution in [3.8, 4) is 0 Å². The minimum Gasteiger partial charge on any atom is -0.465 e. The molecule has 2 rings (SSSR count). The zero-order chi connectivity index (χ0) is 16.3. The van der Waals surface area contributed by atoms with Gasteiger partial charge in [-0.05, 0) is 25.1 Å². The van der Waals surface area contributed by atoms with Crippen LogP contribution in [-0.4, -0.2) is 26.7 Å². The molecule has 0 bridgehead atoms. The molecule has 0 aliphatic heterocycles. The van der Waals surface area contributed by atoms with E-state index in [9.17, 15) is 13.2 Å². The highest BCUT2D eigenvalue weighted by molar-refractivity contribution is 7.89. The van der Waals surface area contributed by atoms with E-state index < -0.39 is 16.0 Å². The van der Waals surface area contributed by atoms with Crippen molar-refractivity contribution in [1.29, 1.82) is 0 Å². The molecular formula is C13H13ClN2O5S. The van der Waals surface area contributed by atoms with E-state index in [1.165, 1.54) is 19.2 Å². The Hall–Kier alpha value is -1.90. The maximum atomic E-state index is 12.3. The number of aromatic nitrogens is 1. The molecule has 2 aromatic rings. The second-order valence-electron chi connectivity index (χ2n) is 4.39. The Labute approximate surface area is 132 Å². The quantitative estimate of drug-likeness (QED) is 0.832. The third kappa shape index (κ3) is 3.65. The number of benzene rings is 1. The molecule has 1 heterocycles. The zero-order valence-electron chi connectivity index (χ0n) is 11.8. The first-order valence-electron chi connectivity index (χ1n) is 6.13. The SMILES string of the molecule is COC(=O)c1ccc(Cl)c(S(=O)(=O)NCc2cc(C)on2)c1. The van der Waals surface area contributed by atoms with E-state index >= 15 is 0 Å². The summed E-state index contributed by atoms with van der Waals surface area (Å²) in [6, 6.07) is 5.47. The van der Waals surface area contributed by atoms with Crippen LogP contribution in [0, 0.1) is 6.92 Å². The van der Waals surface area contributed by atoms with Gasteiger partial charge in [0, 0.05) is 6.07 Å². The highest BCUT2D eigenvalue weighted by Gasteiger charge is 2.20. The van der Waals surface area contributed by atoms with Gasteiger partial charge in [0.1, 0.15) is 10.7 Å². The number of carbonyl (C=O) groups excluding carboxylic acids is 1. The molecule has 9 heteroatoms. The van der Waals surface area contributed by atoms with Gasteiger partial charge in [0.25, 0.3) is 0 Å². The third-order valence-corrected chi connectivity index (χ3v) is 4.64. The third-order valence-electron chi connectivity index (χ3n) is 2.76. The van der Waals surface area contributed by atoms with Crippen molar-refractivity contribution in [1.82, 2.24) is 9.88 Å². The average Bonchev–Trinajstić information content (AvgIpc) is 2.90. The summed E-state index contributed by atoms with van der Waals surface area (Å²) in [7, 11) is -2.71. The van der Waals surface area contributed by atoms with Crippen LogP contribution >= 0.6 is 11.6 Å². The molecule has 22 heavy (non-hydrogen) atoms. The number of halogens is 1. The summed E-state index contributed by atoms with van der Waals surface area (Å²) in [5, 5.41) is 3.68. The van der Waals surface area contributed by atoms with Gasteiger partial charge in [-0.1, -0.05) is 16.8 Å². The smallest absolute Gasteiger partial charge is 0.337 e. The fraction of sp³-hybridized carbons (Fsp3) is 0.231. The summed E-state index contributed by atoms with van der Waals surface area (Å²) in [4.78, 5) is 11.3. The van der Waals surface area contributed by atoms with Crippen LogP contribution in [0.5, 0.6) is 0 Å². The highest BCUT2D eigenvalue weighted by Crippen LogP contribution is 2.23. The molecule has 118 valence electrons. The normalized spacial score (nSPS) is 11.4. The Morgan fingerprint density at radius 1 is 1.41 bits per heavy atom. The molecule has 1 aromatic carbocycles. The number of methoxy groups -OCH3 is 1. The predicted molar refractivity (Wildman–Crippen MR) is 78.1 cm³/mol. The minimum atomic E-state index is -3.92. The number of rotatable bonds is 5. The maximum Gasteiger partial charge on any atom is 0.337 e. The van der Waals surface area contributed by atoms with Crippen molar-refractivity contribution in [2.45, 2.75) is 18.4 Å².